The molecule has 0 bridgehead atoms. The molecule has 3 nitrogen and oxygen atoms in total. The summed E-state index contributed by atoms with van der Waals surface area (Å²) < 4.78 is 5.94. The van der Waals surface area contributed by atoms with Crippen molar-refractivity contribution in [2.45, 2.75) is 46.1 Å². The van der Waals surface area contributed by atoms with E-state index in [-0.39, 0.29) is 5.91 Å². The van der Waals surface area contributed by atoms with Gasteiger partial charge >= 0.3 is 0 Å². The summed E-state index contributed by atoms with van der Waals surface area (Å²) in [5.74, 6) is 0.757. The van der Waals surface area contributed by atoms with Gasteiger partial charge in [-0.15, -0.1) is 0 Å². The quantitative estimate of drug-likeness (QED) is 0.738. The van der Waals surface area contributed by atoms with Crippen LogP contribution in [0, 0.1) is 13.8 Å². The number of rotatable bonds is 8. The molecule has 0 aromatic heterocycles. The summed E-state index contributed by atoms with van der Waals surface area (Å²) in [6.07, 6.45) is 2.10. The minimum atomic E-state index is -0.442. The number of hydrogen-bond donors (Lipinski definition) is 1. The zero-order valence-electron chi connectivity index (χ0n) is 14.8. The highest BCUT2D eigenvalue weighted by Crippen LogP contribution is 2.22. The van der Waals surface area contributed by atoms with Crippen LogP contribution >= 0.6 is 0 Å². The van der Waals surface area contributed by atoms with Crippen molar-refractivity contribution in [3.63, 3.8) is 0 Å². The van der Waals surface area contributed by atoms with Crippen molar-refractivity contribution in [3.05, 3.63) is 65.2 Å². The first-order chi connectivity index (χ1) is 11.6. The summed E-state index contributed by atoms with van der Waals surface area (Å²) in [6.45, 7) is 6.71. The van der Waals surface area contributed by atoms with Gasteiger partial charge in [0.1, 0.15) is 5.75 Å². The Kier molecular flexibility index (Phi) is 6.86. The fourth-order valence-electron chi connectivity index (χ4n) is 2.59. The first kappa shape index (κ1) is 18.1. The van der Waals surface area contributed by atoms with E-state index in [1.54, 1.807) is 0 Å². The normalized spacial score (nSPS) is 11.8. The number of aryl methyl sites for hydroxylation is 2. The molecule has 1 amide bonds. The molecule has 0 unspecified atom stereocenters. The number of carbonyl (C=O) groups is 1. The SMILES string of the molecule is CC[C@H](Oc1cccc(C)c1C)C(=O)NCCCc1ccccc1. The summed E-state index contributed by atoms with van der Waals surface area (Å²) in [5, 5.41) is 2.99. The van der Waals surface area contributed by atoms with Crippen molar-refractivity contribution >= 4 is 5.91 Å². The fourth-order valence-corrected chi connectivity index (χ4v) is 2.59. The highest BCUT2D eigenvalue weighted by Gasteiger charge is 2.18. The third-order valence-electron chi connectivity index (χ3n) is 4.27. The van der Waals surface area contributed by atoms with Gasteiger partial charge in [0.15, 0.2) is 6.10 Å². The van der Waals surface area contributed by atoms with E-state index in [2.05, 4.69) is 17.4 Å². The Hall–Kier alpha value is -2.29. The van der Waals surface area contributed by atoms with E-state index in [0.29, 0.717) is 13.0 Å². The molecule has 24 heavy (non-hydrogen) atoms. The van der Waals surface area contributed by atoms with Crippen molar-refractivity contribution < 1.29 is 9.53 Å². The zero-order valence-corrected chi connectivity index (χ0v) is 14.8. The summed E-state index contributed by atoms with van der Waals surface area (Å²) in [6, 6.07) is 16.3. The number of nitrogens with one attached hydrogen (secondary N) is 1. The maximum atomic E-state index is 12.4. The van der Waals surface area contributed by atoms with Crippen LogP contribution in [-0.2, 0) is 11.2 Å². The van der Waals surface area contributed by atoms with Gasteiger partial charge in [0.25, 0.3) is 5.91 Å². The highest BCUT2D eigenvalue weighted by molar-refractivity contribution is 5.81. The van der Waals surface area contributed by atoms with Crippen LogP contribution in [-0.4, -0.2) is 18.6 Å². The monoisotopic (exact) mass is 325 g/mol. The minimum absolute atomic E-state index is 0.0357. The number of amides is 1. The Labute approximate surface area is 145 Å². The van der Waals surface area contributed by atoms with Crippen LogP contribution < -0.4 is 10.1 Å². The number of ether oxygens (including phenoxy) is 1. The predicted octanol–water partition coefficient (Wildman–Crippen LogP) is 4.21. The molecule has 0 aliphatic heterocycles. The Morgan fingerprint density at radius 3 is 2.54 bits per heavy atom. The van der Waals surface area contributed by atoms with E-state index in [1.807, 2.05) is 57.2 Å². The predicted molar refractivity (Wildman–Crippen MR) is 98.4 cm³/mol. The average Bonchev–Trinajstić information content (AvgIpc) is 2.60. The van der Waals surface area contributed by atoms with Crippen LogP contribution in [0.15, 0.2) is 48.5 Å². The molecular formula is C21H27NO2. The Bertz CT molecular complexity index is 652. The van der Waals surface area contributed by atoms with Crippen LogP contribution in [0.5, 0.6) is 5.75 Å². The van der Waals surface area contributed by atoms with Crippen molar-refractivity contribution in [2.75, 3.05) is 6.54 Å². The summed E-state index contributed by atoms with van der Waals surface area (Å²) in [7, 11) is 0. The van der Waals surface area contributed by atoms with Gasteiger partial charge in [-0.1, -0.05) is 49.4 Å². The zero-order chi connectivity index (χ0) is 17.4. The first-order valence-electron chi connectivity index (χ1n) is 8.66. The molecule has 0 spiro atoms. The van der Waals surface area contributed by atoms with Gasteiger partial charge in [0.05, 0.1) is 0 Å². The lowest BCUT2D eigenvalue weighted by Crippen LogP contribution is -2.38. The lowest BCUT2D eigenvalue weighted by molar-refractivity contribution is -0.128. The Morgan fingerprint density at radius 2 is 1.83 bits per heavy atom. The topological polar surface area (TPSA) is 38.3 Å². The minimum Gasteiger partial charge on any atom is -0.480 e. The molecule has 0 saturated carbocycles. The fraction of sp³-hybridized carbons (Fsp3) is 0.381. The number of hydrogen-bond acceptors (Lipinski definition) is 2. The van der Waals surface area contributed by atoms with Crippen molar-refractivity contribution in [3.8, 4) is 5.75 Å². The molecular weight excluding hydrogens is 298 g/mol. The summed E-state index contributed by atoms with van der Waals surface area (Å²) >= 11 is 0. The molecule has 1 atom stereocenters. The van der Waals surface area contributed by atoms with E-state index >= 15 is 0 Å². The van der Waals surface area contributed by atoms with Crippen LogP contribution in [0.2, 0.25) is 0 Å². The van der Waals surface area contributed by atoms with Crippen LogP contribution in [0.25, 0.3) is 0 Å². The molecule has 0 aliphatic rings. The smallest absolute Gasteiger partial charge is 0.261 e. The number of benzene rings is 2. The molecule has 0 aliphatic carbocycles. The molecule has 0 saturated heterocycles. The molecule has 2 aromatic carbocycles. The van der Waals surface area contributed by atoms with Crippen molar-refractivity contribution in [1.82, 2.24) is 5.32 Å². The molecule has 1 N–H and O–H groups in total. The second-order valence-corrected chi connectivity index (χ2v) is 6.09. The van der Waals surface area contributed by atoms with Gasteiger partial charge in [-0.2, -0.15) is 0 Å². The molecule has 128 valence electrons. The Balaban J connectivity index is 1.82. The van der Waals surface area contributed by atoms with E-state index in [1.165, 1.54) is 11.1 Å². The average molecular weight is 325 g/mol. The highest BCUT2D eigenvalue weighted by atomic mass is 16.5. The summed E-state index contributed by atoms with van der Waals surface area (Å²) in [4.78, 5) is 12.4. The molecule has 0 heterocycles. The van der Waals surface area contributed by atoms with Crippen LogP contribution in [0.4, 0.5) is 0 Å². The van der Waals surface area contributed by atoms with Gasteiger partial charge < -0.3 is 10.1 Å². The molecule has 0 radical (unpaired) electrons. The standard InChI is InChI=1S/C21H27NO2/c1-4-19(24-20-14-8-10-16(2)17(20)3)21(23)22-15-9-13-18-11-6-5-7-12-18/h5-8,10-12,14,19H,4,9,13,15H2,1-3H3,(H,22,23)/t19-/m0/s1. The van der Waals surface area contributed by atoms with Gasteiger partial charge in [-0.3, -0.25) is 4.79 Å². The third kappa shape index (κ3) is 5.12. The van der Waals surface area contributed by atoms with E-state index in [0.717, 1.165) is 24.2 Å². The van der Waals surface area contributed by atoms with Crippen LogP contribution in [0.1, 0.15) is 36.5 Å². The van der Waals surface area contributed by atoms with Gasteiger partial charge in [0, 0.05) is 6.54 Å². The first-order valence-corrected chi connectivity index (χ1v) is 8.66. The maximum absolute atomic E-state index is 12.4. The van der Waals surface area contributed by atoms with E-state index in [4.69, 9.17) is 4.74 Å². The van der Waals surface area contributed by atoms with E-state index < -0.39 is 6.10 Å². The van der Waals surface area contributed by atoms with Gasteiger partial charge in [-0.25, -0.2) is 0 Å². The second kappa shape index (κ2) is 9.11. The van der Waals surface area contributed by atoms with E-state index in [9.17, 15) is 4.79 Å². The van der Waals surface area contributed by atoms with Crippen molar-refractivity contribution in [2.24, 2.45) is 0 Å². The largest absolute Gasteiger partial charge is 0.480 e. The van der Waals surface area contributed by atoms with Gasteiger partial charge in [-0.05, 0) is 55.9 Å². The molecule has 2 rings (SSSR count). The molecule has 3 heteroatoms. The Morgan fingerprint density at radius 1 is 1.08 bits per heavy atom. The van der Waals surface area contributed by atoms with Gasteiger partial charge in [0.2, 0.25) is 0 Å². The summed E-state index contributed by atoms with van der Waals surface area (Å²) in [5.41, 5.74) is 3.56. The van der Waals surface area contributed by atoms with Crippen LogP contribution in [0.3, 0.4) is 0 Å². The number of carbonyl (C=O) groups excluding carboxylic acids is 1. The molecule has 2 aromatic rings. The second-order valence-electron chi connectivity index (χ2n) is 6.09. The lowest BCUT2D eigenvalue weighted by atomic mass is 10.1. The lowest BCUT2D eigenvalue weighted by Gasteiger charge is -2.19. The third-order valence-corrected chi connectivity index (χ3v) is 4.27. The van der Waals surface area contributed by atoms with Crippen molar-refractivity contribution in [1.29, 1.82) is 0 Å². The molecule has 0 fully saturated rings. The maximum Gasteiger partial charge on any atom is 0.261 e.